The molecule has 0 N–H and O–H groups in total. The Kier molecular flexibility index (Phi) is 12.7. The molecule has 0 aromatic carbocycles. The number of Topliss-reactive ketones (excluding diaryl/α,β-unsaturated/α-hetero) is 4. The van der Waals surface area contributed by atoms with E-state index in [4.69, 9.17) is 6.42 Å². The van der Waals surface area contributed by atoms with Crippen LogP contribution in [0.2, 0.25) is 0 Å². The second-order valence-corrected chi connectivity index (χ2v) is 21.1. The number of hydrogen-bond acceptors (Lipinski definition) is 7. The summed E-state index contributed by atoms with van der Waals surface area (Å²) in [6.07, 6.45) is 15.7. The number of likely N-dealkylation sites (tertiary alicyclic amines) is 1. The second-order valence-electron chi connectivity index (χ2n) is 18.4. The lowest BCUT2D eigenvalue weighted by Crippen LogP contribution is -2.51. The fourth-order valence-electron chi connectivity index (χ4n) is 9.79. The Labute approximate surface area is 307 Å². The molecule has 2 unspecified atom stereocenters. The van der Waals surface area contributed by atoms with Crippen molar-refractivity contribution >= 4 is 38.9 Å². The van der Waals surface area contributed by atoms with Gasteiger partial charge in [-0.3, -0.25) is 24.0 Å². The molecule has 51 heavy (non-hydrogen) atoms. The molecule has 0 aromatic rings. The van der Waals surface area contributed by atoms with E-state index in [1.807, 2.05) is 0 Å². The third-order valence-electron chi connectivity index (χ3n) is 13.4. The summed E-state index contributed by atoms with van der Waals surface area (Å²) in [6, 6.07) is -0.730. The van der Waals surface area contributed by atoms with Gasteiger partial charge in [0.2, 0.25) is 11.7 Å². The first-order chi connectivity index (χ1) is 23.7. The van der Waals surface area contributed by atoms with Crippen LogP contribution in [0.3, 0.4) is 0 Å². The topological polar surface area (TPSA) is 123 Å². The Balaban J connectivity index is 1.60. The van der Waals surface area contributed by atoms with Gasteiger partial charge in [0.05, 0.1) is 22.5 Å². The molecule has 1 saturated heterocycles. The van der Waals surface area contributed by atoms with Crippen molar-refractivity contribution in [3.8, 4) is 12.3 Å². The van der Waals surface area contributed by atoms with Crippen molar-refractivity contribution in [2.24, 2.45) is 39.9 Å². The van der Waals surface area contributed by atoms with Crippen LogP contribution in [0.5, 0.6) is 0 Å². The van der Waals surface area contributed by atoms with Crippen molar-refractivity contribution < 1.29 is 32.4 Å². The van der Waals surface area contributed by atoms with Gasteiger partial charge in [-0.05, 0) is 87.4 Å². The average Bonchev–Trinajstić information content (AvgIpc) is 3.42. The maximum absolute atomic E-state index is 14.9. The second kappa shape index (κ2) is 15.8. The van der Waals surface area contributed by atoms with E-state index in [-0.39, 0.29) is 79.0 Å². The number of piperidine rings is 1. The Morgan fingerprint density at radius 3 is 2.14 bits per heavy atom. The van der Waals surface area contributed by atoms with Crippen molar-refractivity contribution in [1.82, 2.24) is 4.90 Å². The molecule has 284 valence electrons. The Hall–Kier alpha value is -2.60. The van der Waals surface area contributed by atoms with E-state index >= 15 is 0 Å². The van der Waals surface area contributed by atoms with Crippen LogP contribution in [0.25, 0.3) is 0 Å². The summed E-state index contributed by atoms with van der Waals surface area (Å²) in [5.74, 6) is -0.479. The van der Waals surface area contributed by atoms with Crippen LogP contribution >= 0.6 is 0 Å². The highest BCUT2D eigenvalue weighted by molar-refractivity contribution is 7.92. The van der Waals surface area contributed by atoms with Gasteiger partial charge in [-0.2, -0.15) is 0 Å². The van der Waals surface area contributed by atoms with E-state index in [2.05, 4.69) is 33.3 Å². The fourth-order valence-corrected chi connectivity index (χ4v) is 11.4. The predicted molar refractivity (Wildman–Crippen MR) is 200 cm³/mol. The lowest BCUT2D eigenvalue weighted by Gasteiger charge is -2.41. The minimum Gasteiger partial charge on any atom is -0.332 e. The first kappa shape index (κ1) is 41.2. The molecule has 0 bridgehead atoms. The number of rotatable bonds is 18. The van der Waals surface area contributed by atoms with Crippen LogP contribution < -0.4 is 0 Å². The molecule has 4 fully saturated rings. The van der Waals surface area contributed by atoms with Crippen LogP contribution in [0.4, 0.5) is 0 Å². The van der Waals surface area contributed by atoms with Crippen LogP contribution in [0.15, 0.2) is 12.7 Å². The van der Waals surface area contributed by atoms with Crippen LogP contribution in [0, 0.1) is 52.3 Å². The standard InChI is InChI=1S/C42H63NO7S/c1-9-11-18-29(37(47)33(45)19-12-10-2)24-34(46)36-35-32(40(35,6)7)27-43(36)38(48)31(41(8)20-16-17-21-41)25-30(44)26-42(22-14-13-15-23-42)28-51(49,50)39(3,4)5/h1,10,29,31-32,35-36H,2,11-28H2,3-8H3/t29?,31-,32?,35+,36-/m1/s1. The normalized spacial score (nSPS) is 26.0. The van der Waals surface area contributed by atoms with Crippen LogP contribution in [-0.2, 0) is 33.8 Å². The smallest absolute Gasteiger partial charge is 0.227 e. The van der Waals surface area contributed by atoms with Gasteiger partial charge in [0.15, 0.2) is 21.4 Å². The van der Waals surface area contributed by atoms with Gasteiger partial charge < -0.3 is 4.90 Å². The molecule has 9 heteroatoms. The molecule has 1 aliphatic heterocycles. The zero-order chi connectivity index (χ0) is 38.0. The number of fused-ring (bicyclic) bond motifs is 1. The predicted octanol–water partition coefficient (Wildman–Crippen LogP) is 7.27. The summed E-state index contributed by atoms with van der Waals surface area (Å²) in [4.78, 5) is 71.1. The number of terminal acetylenes is 1. The maximum atomic E-state index is 14.9. The summed E-state index contributed by atoms with van der Waals surface area (Å²) in [6.45, 7) is 15.5. The number of allylic oxidation sites excluding steroid dienone is 1. The zero-order valence-corrected chi connectivity index (χ0v) is 33.0. The van der Waals surface area contributed by atoms with Gasteiger partial charge in [-0.1, -0.05) is 59.0 Å². The molecule has 5 atom stereocenters. The summed E-state index contributed by atoms with van der Waals surface area (Å²) in [5.41, 5.74) is -1.20. The van der Waals surface area contributed by atoms with Gasteiger partial charge in [-0.25, -0.2) is 8.42 Å². The SMILES string of the molecule is C#CCCC(CC(=O)[C@@H]1[C@@H]2C(CN1C(=O)[C@@H](CC(=O)CC1(CS(=O)(=O)C(C)(C)C)CCCCC1)C1(C)CCCC1)C2(C)C)C(=O)C(=O)CCC=C. The van der Waals surface area contributed by atoms with E-state index in [0.29, 0.717) is 25.8 Å². The minimum absolute atomic E-state index is 0.0259. The van der Waals surface area contributed by atoms with Crippen molar-refractivity contribution in [3.63, 3.8) is 0 Å². The van der Waals surface area contributed by atoms with Gasteiger partial charge in [0, 0.05) is 44.6 Å². The van der Waals surface area contributed by atoms with Gasteiger partial charge in [0.25, 0.3) is 0 Å². The Bertz CT molecular complexity index is 1510. The highest BCUT2D eigenvalue weighted by Crippen LogP contribution is 2.65. The van der Waals surface area contributed by atoms with Crippen molar-refractivity contribution in [3.05, 3.63) is 12.7 Å². The van der Waals surface area contributed by atoms with Gasteiger partial charge in [0.1, 0.15) is 5.78 Å². The average molecular weight is 726 g/mol. The van der Waals surface area contributed by atoms with E-state index < -0.39 is 54.9 Å². The zero-order valence-electron chi connectivity index (χ0n) is 32.2. The van der Waals surface area contributed by atoms with Crippen molar-refractivity contribution in [1.29, 1.82) is 0 Å². The molecule has 0 aromatic heterocycles. The summed E-state index contributed by atoms with van der Waals surface area (Å²) < 4.78 is 26.0. The first-order valence-electron chi connectivity index (χ1n) is 19.4. The number of sulfone groups is 1. The van der Waals surface area contributed by atoms with Crippen LogP contribution in [-0.4, -0.2) is 65.4 Å². The summed E-state index contributed by atoms with van der Waals surface area (Å²) >= 11 is 0. The molecule has 1 amide bonds. The van der Waals surface area contributed by atoms with E-state index in [9.17, 15) is 32.4 Å². The summed E-state index contributed by atoms with van der Waals surface area (Å²) in [5, 5.41) is 0. The highest BCUT2D eigenvalue weighted by atomic mass is 32.2. The molecule has 1 heterocycles. The minimum atomic E-state index is -3.47. The molecular formula is C42H63NO7S. The quantitative estimate of drug-likeness (QED) is 0.0828. The Morgan fingerprint density at radius 2 is 1.57 bits per heavy atom. The number of carbonyl (C=O) groups excluding carboxylic acids is 5. The molecule has 8 nitrogen and oxygen atoms in total. The molecule has 4 rings (SSSR count). The van der Waals surface area contributed by atoms with E-state index in [1.54, 1.807) is 31.7 Å². The number of hydrogen-bond donors (Lipinski definition) is 0. The van der Waals surface area contributed by atoms with Crippen molar-refractivity contribution in [2.45, 2.75) is 155 Å². The molecular weight excluding hydrogens is 663 g/mol. The van der Waals surface area contributed by atoms with Gasteiger partial charge >= 0.3 is 0 Å². The lowest BCUT2D eigenvalue weighted by molar-refractivity contribution is -0.149. The monoisotopic (exact) mass is 725 g/mol. The van der Waals surface area contributed by atoms with E-state index in [0.717, 1.165) is 44.9 Å². The maximum Gasteiger partial charge on any atom is 0.227 e. The number of carbonyl (C=O) groups is 5. The molecule has 0 spiro atoms. The molecule has 4 aliphatic rings. The van der Waals surface area contributed by atoms with E-state index in [1.165, 1.54) is 0 Å². The van der Waals surface area contributed by atoms with Crippen LogP contribution in [0.1, 0.15) is 144 Å². The lowest BCUT2D eigenvalue weighted by atomic mass is 9.68. The Morgan fingerprint density at radius 1 is 0.961 bits per heavy atom. The highest BCUT2D eigenvalue weighted by Gasteiger charge is 2.69. The van der Waals surface area contributed by atoms with Crippen molar-refractivity contribution in [2.75, 3.05) is 12.3 Å². The van der Waals surface area contributed by atoms with Gasteiger partial charge in [-0.15, -0.1) is 18.9 Å². The first-order valence-corrected chi connectivity index (χ1v) is 21.1. The third-order valence-corrected chi connectivity index (χ3v) is 16.2. The molecule has 3 saturated carbocycles. The fraction of sp³-hybridized carbons (Fsp3) is 0.786. The number of amides is 1. The largest absolute Gasteiger partial charge is 0.332 e. The summed E-state index contributed by atoms with van der Waals surface area (Å²) in [7, 11) is -3.47. The number of nitrogens with zero attached hydrogens (tertiary/aromatic N) is 1. The number of ketones is 4. The molecule has 0 radical (unpaired) electrons. The molecule has 3 aliphatic carbocycles. The third kappa shape index (κ3) is 8.96.